The SMILES string of the molecule is CCCc1ccc(C(Cl)c2ccoc2)cc1. The van der Waals surface area contributed by atoms with Crippen LogP contribution < -0.4 is 0 Å². The molecular formula is C14H15ClO. The first kappa shape index (κ1) is 11.3. The summed E-state index contributed by atoms with van der Waals surface area (Å²) in [6, 6.07) is 10.4. The smallest absolute Gasteiger partial charge is 0.0952 e. The monoisotopic (exact) mass is 234 g/mol. The van der Waals surface area contributed by atoms with Crippen LogP contribution in [-0.2, 0) is 6.42 Å². The molecule has 1 nitrogen and oxygen atoms in total. The van der Waals surface area contributed by atoms with Gasteiger partial charge in [0.15, 0.2) is 0 Å². The van der Waals surface area contributed by atoms with Crippen molar-refractivity contribution in [1.29, 1.82) is 0 Å². The molecule has 0 bridgehead atoms. The highest BCUT2D eigenvalue weighted by Crippen LogP contribution is 2.29. The van der Waals surface area contributed by atoms with Crippen LogP contribution in [0.4, 0.5) is 0 Å². The molecule has 0 spiro atoms. The Balaban J connectivity index is 2.15. The van der Waals surface area contributed by atoms with Crippen molar-refractivity contribution in [1.82, 2.24) is 0 Å². The van der Waals surface area contributed by atoms with E-state index in [1.54, 1.807) is 12.5 Å². The Morgan fingerprint density at radius 1 is 1.12 bits per heavy atom. The minimum Gasteiger partial charge on any atom is -0.472 e. The molecule has 0 radical (unpaired) electrons. The van der Waals surface area contributed by atoms with E-state index in [4.69, 9.17) is 16.0 Å². The maximum absolute atomic E-state index is 6.34. The molecule has 0 amide bonds. The molecule has 1 heterocycles. The zero-order valence-corrected chi connectivity index (χ0v) is 10.1. The third-order valence-corrected chi connectivity index (χ3v) is 3.15. The van der Waals surface area contributed by atoms with Gasteiger partial charge >= 0.3 is 0 Å². The van der Waals surface area contributed by atoms with Crippen LogP contribution in [0.2, 0.25) is 0 Å². The molecular weight excluding hydrogens is 220 g/mol. The molecule has 0 saturated heterocycles. The normalized spacial score (nSPS) is 12.6. The number of furan rings is 1. The van der Waals surface area contributed by atoms with Crippen LogP contribution in [0.25, 0.3) is 0 Å². The van der Waals surface area contributed by atoms with Crippen molar-refractivity contribution in [2.75, 3.05) is 0 Å². The molecule has 0 aliphatic rings. The quantitative estimate of drug-likeness (QED) is 0.707. The number of hydrogen-bond donors (Lipinski definition) is 0. The van der Waals surface area contributed by atoms with E-state index in [0.717, 1.165) is 17.5 Å². The fraction of sp³-hybridized carbons (Fsp3) is 0.286. The lowest BCUT2D eigenvalue weighted by Gasteiger charge is -2.08. The summed E-state index contributed by atoms with van der Waals surface area (Å²) in [4.78, 5) is 0. The van der Waals surface area contributed by atoms with E-state index in [2.05, 4.69) is 31.2 Å². The standard InChI is InChI=1S/C14H15ClO/c1-2-3-11-4-6-12(7-5-11)14(15)13-8-9-16-10-13/h4-10,14H,2-3H2,1H3. The number of rotatable bonds is 4. The Morgan fingerprint density at radius 3 is 2.44 bits per heavy atom. The summed E-state index contributed by atoms with van der Waals surface area (Å²) in [7, 11) is 0. The van der Waals surface area contributed by atoms with Gasteiger partial charge in [-0.15, -0.1) is 11.6 Å². The van der Waals surface area contributed by atoms with Gasteiger partial charge in [0.1, 0.15) is 0 Å². The lowest BCUT2D eigenvalue weighted by molar-refractivity contribution is 0.564. The van der Waals surface area contributed by atoms with Gasteiger partial charge in [-0.25, -0.2) is 0 Å². The fourth-order valence-corrected chi connectivity index (χ4v) is 2.02. The average molecular weight is 235 g/mol. The maximum Gasteiger partial charge on any atom is 0.0952 e. The second-order valence-corrected chi connectivity index (χ2v) is 4.35. The van der Waals surface area contributed by atoms with E-state index >= 15 is 0 Å². The largest absolute Gasteiger partial charge is 0.472 e. The van der Waals surface area contributed by atoms with Gasteiger partial charge in [-0.1, -0.05) is 37.6 Å². The van der Waals surface area contributed by atoms with Gasteiger partial charge in [-0.05, 0) is 23.6 Å². The van der Waals surface area contributed by atoms with Crippen LogP contribution in [0.1, 0.15) is 35.4 Å². The molecule has 84 valence electrons. The highest BCUT2D eigenvalue weighted by Gasteiger charge is 2.11. The molecule has 2 rings (SSSR count). The maximum atomic E-state index is 6.34. The first-order chi connectivity index (χ1) is 7.81. The van der Waals surface area contributed by atoms with E-state index < -0.39 is 0 Å². The van der Waals surface area contributed by atoms with E-state index in [1.807, 2.05) is 6.07 Å². The molecule has 0 fully saturated rings. The van der Waals surface area contributed by atoms with E-state index in [0.29, 0.717) is 0 Å². The second-order valence-electron chi connectivity index (χ2n) is 3.91. The lowest BCUT2D eigenvalue weighted by atomic mass is 10.0. The third-order valence-electron chi connectivity index (χ3n) is 2.65. The van der Waals surface area contributed by atoms with Crippen LogP contribution in [0.15, 0.2) is 47.3 Å². The van der Waals surface area contributed by atoms with Gasteiger partial charge in [-0.2, -0.15) is 0 Å². The Morgan fingerprint density at radius 2 is 1.88 bits per heavy atom. The highest BCUT2D eigenvalue weighted by atomic mass is 35.5. The number of aryl methyl sites for hydroxylation is 1. The van der Waals surface area contributed by atoms with Crippen LogP contribution in [0.5, 0.6) is 0 Å². The minimum absolute atomic E-state index is 0.116. The lowest BCUT2D eigenvalue weighted by Crippen LogP contribution is -1.92. The first-order valence-corrected chi connectivity index (χ1v) is 6.00. The summed E-state index contributed by atoms with van der Waals surface area (Å²) in [5.74, 6) is 0. The summed E-state index contributed by atoms with van der Waals surface area (Å²) in [6.07, 6.45) is 5.64. The van der Waals surface area contributed by atoms with E-state index in [1.165, 1.54) is 12.0 Å². The Hall–Kier alpha value is -1.21. The van der Waals surface area contributed by atoms with Crippen molar-refractivity contribution in [2.24, 2.45) is 0 Å². The molecule has 1 atom stereocenters. The zero-order valence-electron chi connectivity index (χ0n) is 9.32. The Kier molecular flexibility index (Phi) is 3.68. The molecule has 0 aliphatic carbocycles. The molecule has 1 aromatic heterocycles. The molecule has 1 aromatic carbocycles. The van der Waals surface area contributed by atoms with Crippen molar-refractivity contribution >= 4 is 11.6 Å². The summed E-state index contributed by atoms with van der Waals surface area (Å²) in [6.45, 7) is 2.18. The van der Waals surface area contributed by atoms with Crippen molar-refractivity contribution in [3.63, 3.8) is 0 Å². The topological polar surface area (TPSA) is 13.1 Å². The molecule has 0 aliphatic heterocycles. The molecule has 0 N–H and O–H groups in total. The minimum atomic E-state index is -0.116. The molecule has 16 heavy (non-hydrogen) atoms. The van der Waals surface area contributed by atoms with Gasteiger partial charge < -0.3 is 4.42 Å². The van der Waals surface area contributed by atoms with Crippen molar-refractivity contribution in [3.05, 3.63) is 59.5 Å². The van der Waals surface area contributed by atoms with Crippen molar-refractivity contribution < 1.29 is 4.42 Å². The van der Waals surface area contributed by atoms with Gasteiger partial charge in [0, 0.05) is 5.56 Å². The molecule has 2 heteroatoms. The number of hydrogen-bond acceptors (Lipinski definition) is 1. The van der Waals surface area contributed by atoms with Gasteiger partial charge in [0.25, 0.3) is 0 Å². The molecule has 2 aromatic rings. The van der Waals surface area contributed by atoms with Crippen molar-refractivity contribution in [3.8, 4) is 0 Å². The predicted molar refractivity (Wildman–Crippen MR) is 66.8 cm³/mol. The fourth-order valence-electron chi connectivity index (χ4n) is 1.75. The summed E-state index contributed by atoms with van der Waals surface area (Å²) >= 11 is 6.34. The van der Waals surface area contributed by atoms with Crippen LogP contribution >= 0.6 is 11.6 Å². The van der Waals surface area contributed by atoms with Crippen LogP contribution in [0.3, 0.4) is 0 Å². The molecule has 0 saturated carbocycles. The number of alkyl halides is 1. The van der Waals surface area contributed by atoms with E-state index in [-0.39, 0.29) is 5.38 Å². The third kappa shape index (κ3) is 2.48. The van der Waals surface area contributed by atoms with Gasteiger partial charge in [0.05, 0.1) is 17.9 Å². The Labute approximate surface area is 101 Å². The first-order valence-electron chi connectivity index (χ1n) is 5.56. The highest BCUT2D eigenvalue weighted by molar-refractivity contribution is 6.22. The summed E-state index contributed by atoms with van der Waals surface area (Å²) in [5, 5.41) is -0.116. The second kappa shape index (κ2) is 5.22. The van der Waals surface area contributed by atoms with Crippen molar-refractivity contribution in [2.45, 2.75) is 25.1 Å². The van der Waals surface area contributed by atoms with Crippen LogP contribution in [-0.4, -0.2) is 0 Å². The van der Waals surface area contributed by atoms with Gasteiger partial charge in [0.2, 0.25) is 0 Å². The van der Waals surface area contributed by atoms with E-state index in [9.17, 15) is 0 Å². The van der Waals surface area contributed by atoms with Crippen LogP contribution in [0, 0.1) is 0 Å². The Bertz CT molecular complexity index is 417. The van der Waals surface area contributed by atoms with Gasteiger partial charge in [-0.3, -0.25) is 0 Å². The molecule has 1 unspecified atom stereocenters. The average Bonchev–Trinajstić information content (AvgIpc) is 2.83. The summed E-state index contributed by atoms with van der Waals surface area (Å²) < 4.78 is 5.03. The summed E-state index contributed by atoms with van der Waals surface area (Å²) in [5.41, 5.74) is 3.48. The zero-order chi connectivity index (χ0) is 11.4. The number of benzene rings is 1. The predicted octanol–water partition coefficient (Wildman–Crippen LogP) is 4.56. The number of halogens is 1.